The summed E-state index contributed by atoms with van der Waals surface area (Å²) in [5.41, 5.74) is 1.18. The van der Waals surface area contributed by atoms with Crippen LogP contribution in [0.5, 0.6) is 11.5 Å². The number of esters is 1. The third-order valence-electron chi connectivity index (χ3n) is 6.89. The van der Waals surface area contributed by atoms with Gasteiger partial charge in [0.15, 0.2) is 4.80 Å². The Kier molecular flexibility index (Phi) is 8.58. The predicted octanol–water partition coefficient (Wildman–Crippen LogP) is 4.76. The Labute approximate surface area is 250 Å². The lowest BCUT2D eigenvalue weighted by atomic mass is 9.93. The zero-order chi connectivity index (χ0) is 30.7. The number of carbonyl (C=O) groups excluding carboxylic acids is 1. The minimum Gasteiger partial charge on any atom is -0.497 e. The molecule has 1 unspecified atom stereocenters. The Morgan fingerprint density at radius 3 is 2.63 bits per heavy atom. The number of aromatic nitrogens is 1. The van der Waals surface area contributed by atoms with E-state index in [1.165, 1.54) is 24.9 Å². The summed E-state index contributed by atoms with van der Waals surface area (Å²) in [6.07, 6.45) is 2.80. The fraction of sp³-hybridized carbons (Fsp3) is 0.258. The highest BCUT2D eigenvalue weighted by Crippen LogP contribution is 2.37. The van der Waals surface area contributed by atoms with Crippen molar-refractivity contribution < 1.29 is 28.3 Å². The number of hydrogen-bond donors (Lipinski definition) is 0. The van der Waals surface area contributed by atoms with E-state index < -0.39 is 16.9 Å². The van der Waals surface area contributed by atoms with Crippen LogP contribution in [0, 0.1) is 10.1 Å². The van der Waals surface area contributed by atoms with Gasteiger partial charge in [0.25, 0.3) is 11.2 Å². The molecule has 1 aliphatic rings. The van der Waals surface area contributed by atoms with E-state index in [1.807, 2.05) is 25.1 Å². The van der Waals surface area contributed by atoms with Crippen LogP contribution in [0.1, 0.15) is 44.1 Å². The molecule has 0 saturated carbocycles. The average Bonchev–Trinajstić information content (AvgIpc) is 3.60. The van der Waals surface area contributed by atoms with Gasteiger partial charge in [0.05, 0.1) is 53.2 Å². The molecule has 0 radical (unpaired) electrons. The Morgan fingerprint density at radius 2 is 1.93 bits per heavy atom. The van der Waals surface area contributed by atoms with Crippen LogP contribution in [-0.2, 0) is 9.53 Å². The van der Waals surface area contributed by atoms with Gasteiger partial charge in [-0.05, 0) is 43.7 Å². The van der Waals surface area contributed by atoms with E-state index in [4.69, 9.17) is 23.6 Å². The standard InChI is InChI=1S/C31H29N3O8S/c1-5-9-22-27(30(36)41-6-2)28(21-10-7-8-11-24(21)40-4)33-29(35)26(43-31(33)32-22)17-19-13-15-25(42-19)20-14-12-18(39-3)16-23(20)34(37)38/h7-8,10-17,28H,5-6,9H2,1-4H3/b26-17-. The number of benzene rings is 2. The first-order valence-corrected chi connectivity index (χ1v) is 14.4. The van der Waals surface area contributed by atoms with Crippen molar-refractivity contribution in [2.24, 2.45) is 4.99 Å². The molecule has 0 bridgehead atoms. The van der Waals surface area contributed by atoms with Gasteiger partial charge < -0.3 is 18.6 Å². The van der Waals surface area contributed by atoms with Gasteiger partial charge in [-0.25, -0.2) is 9.79 Å². The van der Waals surface area contributed by atoms with E-state index in [0.29, 0.717) is 49.8 Å². The minimum atomic E-state index is -0.829. The maximum absolute atomic E-state index is 14.0. The third-order valence-corrected chi connectivity index (χ3v) is 7.88. The van der Waals surface area contributed by atoms with E-state index in [0.717, 1.165) is 17.8 Å². The highest BCUT2D eigenvalue weighted by molar-refractivity contribution is 7.07. The van der Waals surface area contributed by atoms with Crippen LogP contribution in [0.4, 0.5) is 5.69 Å². The van der Waals surface area contributed by atoms with Crippen molar-refractivity contribution in [1.29, 1.82) is 0 Å². The second kappa shape index (κ2) is 12.5. The summed E-state index contributed by atoms with van der Waals surface area (Å²) >= 11 is 1.16. The van der Waals surface area contributed by atoms with Crippen molar-refractivity contribution >= 4 is 29.1 Å². The Hall–Kier alpha value is -4.97. The monoisotopic (exact) mass is 603 g/mol. The molecule has 0 aliphatic carbocycles. The number of nitrogens with zero attached hydrogens (tertiary/aromatic N) is 3. The summed E-state index contributed by atoms with van der Waals surface area (Å²) in [4.78, 5) is 43.7. The topological polar surface area (TPSA) is 135 Å². The minimum absolute atomic E-state index is 0.165. The van der Waals surface area contributed by atoms with Crippen LogP contribution < -0.4 is 24.4 Å². The second-order valence-corrected chi connectivity index (χ2v) is 10.5. The zero-order valence-corrected chi connectivity index (χ0v) is 24.8. The third kappa shape index (κ3) is 5.61. The Balaban J connectivity index is 1.68. The van der Waals surface area contributed by atoms with Crippen molar-refractivity contribution in [2.75, 3.05) is 20.8 Å². The van der Waals surface area contributed by atoms with E-state index in [1.54, 1.807) is 43.3 Å². The molecular formula is C31H29N3O8S. The molecule has 3 heterocycles. The molecule has 2 aromatic carbocycles. The highest BCUT2D eigenvalue weighted by Gasteiger charge is 2.35. The summed E-state index contributed by atoms with van der Waals surface area (Å²) in [5, 5.41) is 11.7. The Morgan fingerprint density at radius 1 is 1.14 bits per heavy atom. The molecule has 2 aromatic heterocycles. The quantitative estimate of drug-likeness (QED) is 0.144. The van der Waals surface area contributed by atoms with Crippen molar-refractivity contribution in [1.82, 2.24) is 4.57 Å². The summed E-state index contributed by atoms with van der Waals surface area (Å²) < 4.78 is 23.9. The van der Waals surface area contributed by atoms with Crippen molar-refractivity contribution in [3.63, 3.8) is 0 Å². The lowest BCUT2D eigenvalue weighted by molar-refractivity contribution is -0.384. The van der Waals surface area contributed by atoms with Crippen LogP contribution >= 0.6 is 11.3 Å². The summed E-state index contributed by atoms with van der Waals surface area (Å²) in [6.45, 7) is 3.88. The number of nitro benzene ring substituents is 1. The molecule has 1 aliphatic heterocycles. The SMILES string of the molecule is CCCC1=C(C(=O)OCC)C(c2ccccc2OC)n2c(s/c(=C\c3ccc(-c4ccc(OC)cc4[N+](=O)[O-])o3)c2=O)=N1. The molecule has 0 saturated heterocycles. The van der Waals surface area contributed by atoms with Gasteiger partial charge in [0.1, 0.15) is 29.1 Å². The molecule has 4 aromatic rings. The van der Waals surface area contributed by atoms with Gasteiger partial charge in [-0.1, -0.05) is 42.9 Å². The smallest absolute Gasteiger partial charge is 0.338 e. The van der Waals surface area contributed by atoms with E-state index in [9.17, 15) is 19.7 Å². The molecule has 0 N–H and O–H groups in total. The second-order valence-electron chi connectivity index (χ2n) is 9.50. The number of fused-ring (bicyclic) bond motifs is 1. The number of thiazole rings is 1. The summed E-state index contributed by atoms with van der Waals surface area (Å²) in [6, 6.07) is 14.1. The number of ether oxygens (including phenoxy) is 3. The van der Waals surface area contributed by atoms with E-state index in [-0.39, 0.29) is 29.2 Å². The first-order valence-electron chi connectivity index (χ1n) is 13.6. The first-order chi connectivity index (χ1) is 20.8. The molecule has 1 atom stereocenters. The van der Waals surface area contributed by atoms with Gasteiger partial charge in [-0.3, -0.25) is 19.5 Å². The maximum atomic E-state index is 14.0. The van der Waals surface area contributed by atoms with Crippen LogP contribution in [0.2, 0.25) is 0 Å². The Bertz CT molecular complexity index is 1920. The van der Waals surface area contributed by atoms with Gasteiger partial charge in [-0.2, -0.15) is 0 Å². The molecule has 0 amide bonds. The number of para-hydroxylation sites is 1. The molecular weight excluding hydrogens is 574 g/mol. The molecule has 43 heavy (non-hydrogen) atoms. The van der Waals surface area contributed by atoms with Crippen LogP contribution in [-0.4, -0.2) is 36.3 Å². The number of methoxy groups -OCH3 is 2. The molecule has 5 rings (SSSR count). The van der Waals surface area contributed by atoms with Gasteiger partial charge in [0, 0.05) is 11.6 Å². The number of hydrogen-bond acceptors (Lipinski definition) is 10. The molecule has 222 valence electrons. The van der Waals surface area contributed by atoms with Gasteiger partial charge in [0.2, 0.25) is 0 Å². The van der Waals surface area contributed by atoms with E-state index >= 15 is 0 Å². The number of rotatable bonds is 10. The average molecular weight is 604 g/mol. The molecule has 12 heteroatoms. The molecule has 0 spiro atoms. The zero-order valence-electron chi connectivity index (χ0n) is 24.0. The molecule has 0 fully saturated rings. The number of furan rings is 1. The summed E-state index contributed by atoms with van der Waals surface area (Å²) in [5.74, 6) is 0.889. The molecule has 11 nitrogen and oxygen atoms in total. The number of allylic oxidation sites excluding steroid dienone is 1. The fourth-order valence-corrected chi connectivity index (χ4v) is 6.01. The fourth-order valence-electron chi connectivity index (χ4n) is 5.01. The normalized spacial score (nSPS) is 14.7. The first kappa shape index (κ1) is 29.5. The van der Waals surface area contributed by atoms with Crippen LogP contribution in [0.3, 0.4) is 0 Å². The van der Waals surface area contributed by atoms with Crippen LogP contribution in [0.15, 0.2) is 80.1 Å². The van der Waals surface area contributed by atoms with Crippen molar-refractivity contribution in [3.8, 4) is 22.8 Å². The highest BCUT2D eigenvalue weighted by atomic mass is 32.1. The predicted molar refractivity (Wildman–Crippen MR) is 160 cm³/mol. The van der Waals surface area contributed by atoms with Crippen molar-refractivity contribution in [2.45, 2.75) is 32.7 Å². The van der Waals surface area contributed by atoms with Gasteiger partial charge >= 0.3 is 5.97 Å². The van der Waals surface area contributed by atoms with Gasteiger partial charge in [-0.15, -0.1) is 0 Å². The lowest BCUT2D eigenvalue weighted by Crippen LogP contribution is -2.40. The summed E-state index contributed by atoms with van der Waals surface area (Å²) in [7, 11) is 2.96. The number of nitro groups is 1. The maximum Gasteiger partial charge on any atom is 0.338 e. The van der Waals surface area contributed by atoms with Crippen molar-refractivity contribution in [3.05, 3.63) is 107 Å². The van der Waals surface area contributed by atoms with E-state index in [2.05, 4.69) is 0 Å². The lowest BCUT2D eigenvalue weighted by Gasteiger charge is -2.26. The van der Waals surface area contributed by atoms with Crippen LogP contribution in [0.25, 0.3) is 17.4 Å². The largest absolute Gasteiger partial charge is 0.497 e. The number of carbonyl (C=O) groups is 1.